The maximum absolute atomic E-state index is 5.61. The summed E-state index contributed by atoms with van der Waals surface area (Å²) in [6.45, 7) is 9.88. The molecule has 92 valence electrons. The average Bonchev–Trinajstić information content (AvgIpc) is 2.17. The van der Waals surface area contributed by atoms with Gasteiger partial charge in [-0.2, -0.15) is 0 Å². The van der Waals surface area contributed by atoms with Gasteiger partial charge in [0.05, 0.1) is 19.3 Å². The van der Waals surface area contributed by atoms with Gasteiger partial charge in [0, 0.05) is 13.7 Å². The Bertz CT molecular complexity index is 123. The van der Waals surface area contributed by atoms with Gasteiger partial charge < -0.3 is 14.8 Å². The van der Waals surface area contributed by atoms with Crippen LogP contribution in [0.25, 0.3) is 0 Å². The van der Waals surface area contributed by atoms with Crippen molar-refractivity contribution in [2.45, 2.75) is 39.7 Å². The summed E-state index contributed by atoms with van der Waals surface area (Å²) in [7, 11) is 1.73. The molecule has 1 unspecified atom stereocenters. The van der Waals surface area contributed by atoms with Crippen molar-refractivity contribution in [1.29, 1.82) is 0 Å². The first-order valence-electron chi connectivity index (χ1n) is 6.00. The molecule has 0 amide bonds. The molecule has 0 aliphatic carbocycles. The molecule has 0 aromatic heterocycles. The Labute approximate surface area is 94.5 Å². The molecule has 0 saturated heterocycles. The quantitative estimate of drug-likeness (QED) is 0.568. The van der Waals surface area contributed by atoms with Crippen molar-refractivity contribution >= 4 is 0 Å². The first-order chi connectivity index (χ1) is 7.20. The number of nitrogens with one attached hydrogen (secondary N) is 1. The van der Waals surface area contributed by atoms with Crippen molar-refractivity contribution in [3.05, 3.63) is 0 Å². The predicted octanol–water partition coefficient (Wildman–Crippen LogP) is 2.06. The Balaban J connectivity index is 3.36. The van der Waals surface area contributed by atoms with Crippen LogP contribution < -0.4 is 5.32 Å². The number of ether oxygens (including phenoxy) is 2. The van der Waals surface area contributed by atoms with E-state index in [0.717, 1.165) is 38.7 Å². The van der Waals surface area contributed by atoms with Crippen LogP contribution in [-0.2, 0) is 9.47 Å². The molecule has 0 saturated carbocycles. The lowest BCUT2D eigenvalue weighted by Gasteiger charge is -2.17. The van der Waals surface area contributed by atoms with E-state index in [9.17, 15) is 0 Å². The Hall–Kier alpha value is -0.120. The first-order valence-corrected chi connectivity index (χ1v) is 6.00. The fourth-order valence-electron chi connectivity index (χ4n) is 1.48. The molecule has 0 heterocycles. The molecule has 0 rings (SSSR count). The SMILES string of the molecule is CCNC(COC)COCCCC(C)C. The summed E-state index contributed by atoms with van der Waals surface area (Å²) < 4.78 is 10.7. The van der Waals surface area contributed by atoms with Gasteiger partial charge in [-0.15, -0.1) is 0 Å². The maximum Gasteiger partial charge on any atom is 0.0642 e. The van der Waals surface area contributed by atoms with Crippen molar-refractivity contribution in [3.63, 3.8) is 0 Å². The minimum absolute atomic E-state index is 0.332. The normalized spacial score (nSPS) is 13.4. The van der Waals surface area contributed by atoms with E-state index < -0.39 is 0 Å². The summed E-state index contributed by atoms with van der Waals surface area (Å²) in [4.78, 5) is 0. The van der Waals surface area contributed by atoms with E-state index in [4.69, 9.17) is 9.47 Å². The second-order valence-electron chi connectivity index (χ2n) is 4.32. The highest BCUT2D eigenvalue weighted by atomic mass is 16.5. The largest absolute Gasteiger partial charge is 0.383 e. The molecular formula is C12H27NO2. The maximum atomic E-state index is 5.61. The molecule has 0 aromatic rings. The summed E-state index contributed by atoms with van der Waals surface area (Å²) in [6.07, 6.45) is 2.40. The zero-order valence-corrected chi connectivity index (χ0v) is 10.7. The van der Waals surface area contributed by atoms with Crippen LogP contribution in [0.4, 0.5) is 0 Å². The van der Waals surface area contributed by atoms with Gasteiger partial charge in [0.15, 0.2) is 0 Å². The van der Waals surface area contributed by atoms with E-state index in [-0.39, 0.29) is 0 Å². The molecular weight excluding hydrogens is 190 g/mol. The fraction of sp³-hybridized carbons (Fsp3) is 1.00. The summed E-state index contributed by atoms with van der Waals surface area (Å²) in [6, 6.07) is 0.332. The minimum Gasteiger partial charge on any atom is -0.383 e. The zero-order chi connectivity index (χ0) is 11.5. The molecule has 3 nitrogen and oxygen atoms in total. The summed E-state index contributed by atoms with van der Waals surface area (Å²) in [5, 5.41) is 3.33. The van der Waals surface area contributed by atoms with Crippen LogP contribution in [0, 0.1) is 5.92 Å². The highest BCUT2D eigenvalue weighted by Crippen LogP contribution is 2.03. The van der Waals surface area contributed by atoms with Crippen LogP contribution in [0.2, 0.25) is 0 Å². The third-order valence-corrected chi connectivity index (χ3v) is 2.25. The molecule has 3 heteroatoms. The molecule has 15 heavy (non-hydrogen) atoms. The molecule has 1 N–H and O–H groups in total. The van der Waals surface area contributed by atoms with Gasteiger partial charge in [-0.3, -0.25) is 0 Å². The van der Waals surface area contributed by atoms with Gasteiger partial charge >= 0.3 is 0 Å². The summed E-state index contributed by atoms with van der Waals surface area (Å²) in [5.41, 5.74) is 0. The molecule has 0 aliphatic rings. The molecule has 0 aliphatic heterocycles. The fourth-order valence-corrected chi connectivity index (χ4v) is 1.48. The van der Waals surface area contributed by atoms with Gasteiger partial charge in [0.2, 0.25) is 0 Å². The van der Waals surface area contributed by atoms with Gasteiger partial charge in [-0.05, 0) is 25.3 Å². The Morgan fingerprint density at radius 1 is 1.20 bits per heavy atom. The lowest BCUT2D eigenvalue weighted by Crippen LogP contribution is -2.37. The van der Waals surface area contributed by atoms with E-state index in [2.05, 4.69) is 26.1 Å². The lowest BCUT2D eigenvalue weighted by atomic mass is 10.1. The second kappa shape index (κ2) is 10.4. The average molecular weight is 217 g/mol. The summed E-state index contributed by atoms with van der Waals surface area (Å²) in [5.74, 6) is 0.775. The molecule has 0 bridgehead atoms. The van der Waals surface area contributed by atoms with E-state index in [1.165, 1.54) is 6.42 Å². The van der Waals surface area contributed by atoms with E-state index in [0.29, 0.717) is 6.04 Å². The number of methoxy groups -OCH3 is 1. The van der Waals surface area contributed by atoms with E-state index in [1.54, 1.807) is 7.11 Å². The number of rotatable bonds is 10. The zero-order valence-electron chi connectivity index (χ0n) is 10.7. The van der Waals surface area contributed by atoms with Crippen LogP contribution >= 0.6 is 0 Å². The van der Waals surface area contributed by atoms with Crippen LogP contribution in [0.5, 0.6) is 0 Å². The van der Waals surface area contributed by atoms with Crippen LogP contribution in [0.3, 0.4) is 0 Å². The molecule has 0 spiro atoms. The van der Waals surface area contributed by atoms with Gasteiger partial charge in [0.1, 0.15) is 0 Å². The highest BCUT2D eigenvalue weighted by molar-refractivity contribution is 4.63. The molecule has 0 aromatic carbocycles. The number of likely N-dealkylation sites (N-methyl/N-ethyl adjacent to an activating group) is 1. The predicted molar refractivity (Wildman–Crippen MR) is 64.2 cm³/mol. The lowest BCUT2D eigenvalue weighted by molar-refractivity contribution is 0.0720. The smallest absolute Gasteiger partial charge is 0.0642 e. The number of hydrogen-bond donors (Lipinski definition) is 1. The minimum atomic E-state index is 0.332. The van der Waals surface area contributed by atoms with Crippen LogP contribution in [0.1, 0.15) is 33.6 Å². The third kappa shape index (κ3) is 10.2. The molecule has 0 radical (unpaired) electrons. The van der Waals surface area contributed by atoms with Gasteiger partial charge in [-0.25, -0.2) is 0 Å². The topological polar surface area (TPSA) is 30.5 Å². The highest BCUT2D eigenvalue weighted by Gasteiger charge is 2.06. The van der Waals surface area contributed by atoms with E-state index in [1.807, 2.05) is 0 Å². The van der Waals surface area contributed by atoms with Crippen molar-refractivity contribution in [3.8, 4) is 0 Å². The monoisotopic (exact) mass is 217 g/mol. The Morgan fingerprint density at radius 3 is 2.47 bits per heavy atom. The van der Waals surface area contributed by atoms with Gasteiger partial charge in [0.25, 0.3) is 0 Å². The van der Waals surface area contributed by atoms with Crippen LogP contribution in [0.15, 0.2) is 0 Å². The van der Waals surface area contributed by atoms with Crippen molar-refractivity contribution in [2.24, 2.45) is 5.92 Å². The summed E-state index contributed by atoms with van der Waals surface area (Å²) >= 11 is 0. The van der Waals surface area contributed by atoms with Crippen LogP contribution in [-0.4, -0.2) is 39.5 Å². The van der Waals surface area contributed by atoms with Gasteiger partial charge in [-0.1, -0.05) is 20.8 Å². The number of hydrogen-bond acceptors (Lipinski definition) is 3. The Kier molecular flexibility index (Phi) is 10.3. The van der Waals surface area contributed by atoms with Crippen molar-refractivity contribution in [1.82, 2.24) is 5.32 Å². The van der Waals surface area contributed by atoms with Crippen molar-refractivity contribution in [2.75, 3.05) is 33.5 Å². The standard InChI is InChI=1S/C12H27NO2/c1-5-13-12(9-14-4)10-15-8-6-7-11(2)3/h11-13H,5-10H2,1-4H3. The van der Waals surface area contributed by atoms with Crippen molar-refractivity contribution < 1.29 is 9.47 Å². The third-order valence-electron chi connectivity index (χ3n) is 2.25. The molecule has 1 atom stereocenters. The Morgan fingerprint density at radius 2 is 1.93 bits per heavy atom. The van der Waals surface area contributed by atoms with E-state index >= 15 is 0 Å². The first kappa shape index (κ1) is 14.9. The molecule has 0 fully saturated rings. The second-order valence-corrected chi connectivity index (χ2v) is 4.32.